The molecule has 2 N–H and O–H groups in total. The lowest BCUT2D eigenvalue weighted by Gasteiger charge is -2.19. The molecule has 0 spiro atoms. The van der Waals surface area contributed by atoms with Crippen LogP contribution in [0, 0.1) is 0 Å². The summed E-state index contributed by atoms with van der Waals surface area (Å²) < 4.78 is 0. The molecule has 14 heavy (non-hydrogen) atoms. The minimum absolute atomic E-state index is 0.617. The van der Waals surface area contributed by atoms with Crippen LogP contribution in [0.2, 0.25) is 25.2 Å². The van der Waals surface area contributed by atoms with Gasteiger partial charge in [-0.15, -0.1) is 0 Å². The van der Waals surface area contributed by atoms with Crippen LogP contribution in [0.15, 0.2) is 0 Å². The van der Waals surface area contributed by atoms with Crippen molar-refractivity contribution in [1.29, 1.82) is 0 Å². The van der Waals surface area contributed by atoms with Gasteiger partial charge in [0.15, 0.2) is 0 Å². The van der Waals surface area contributed by atoms with E-state index in [0.29, 0.717) is 12.1 Å². The van der Waals surface area contributed by atoms with E-state index < -0.39 is 17.9 Å². The van der Waals surface area contributed by atoms with Gasteiger partial charge in [-0.05, 0) is 24.2 Å². The van der Waals surface area contributed by atoms with Crippen LogP contribution in [0.1, 0.15) is 27.7 Å². The highest BCUT2D eigenvalue weighted by atomic mass is 28.3. The third kappa shape index (κ3) is 8.93. The highest BCUT2D eigenvalue weighted by molar-refractivity contribution is 6.60. The van der Waals surface area contributed by atoms with Gasteiger partial charge in [-0.3, -0.25) is 0 Å². The van der Waals surface area contributed by atoms with Gasteiger partial charge in [-0.25, -0.2) is 0 Å². The average Bonchev–Trinajstić information content (AvgIpc) is 1.98. The molecule has 2 nitrogen and oxygen atoms in total. The van der Waals surface area contributed by atoms with Gasteiger partial charge < -0.3 is 9.96 Å². The quantitative estimate of drug-likeness (QED) is 0.653. The Bertz CT molecular complexity index is 124. The molecule has 0 saturated carbocycles. The van der Waals surface area contributed by atoms with Crippen LogP contribution < -0.4 is 9.96 Å². The Kier molecular flexibility index (Phi) is 7.81. The molecule has 0 bridgehead atoms. The van der Waals surface area contributed by atoms with E-state index in [4.69, 9.17) is 0 Å². The van der Waals surface area contributed by atoms with Crippen molar-refractivity contribution in [3.8, 4) is 0 Å². The van der Waals surface area contributed by atoms with Gasteiger partial charge in [0.2, 0.25) is 0 Å². The van der Waals surface area contributed by atoms with Gasteiger partial charge >= 0.3 is 0 Å². The Balaban J connectivity index is 3.50. The SMILES string of the molecule is CC(C)N[SiH](C)CC[SiH](C)NC(C)C. The molecule has 2 unspecified atom stereocenters. The summed E-state index contributed by atoms with van der Waals surface area (Å²) in [7, 11) is -1.23. The first kappa shape index (κ1) is 14.4. The van der Waals surface area contributed by atoms with Crippen molar-refractivity contribution >= 4 is 17.9 Å². The summed E-state index contributed by atoms with van der Waals surface area (Å²) in [5.41, 5.74) is 0. The van der Waals surface area contributed by atoms with Gasteiger partial charge in [-0.2, -0.15) is 0 Å². The van der Waals surface area contributed by atoms with Crippen molar-refractivity contribution in [3.05, 3.63) is 0 Å². The van der Waals surface area contributed by atoms with Crippen LogP contribution in [0.25, 0.3) is 0 Å². The molecule has 86 valence electrons. The van der Waals surface area contributed by atoms with Crippen LogP contribution in [-0.2, 0) is 0 Å². The van der Waals surface area contributed by atoms with Crippen LogP contribution >= 0.6 is 0 Å². The standard InChI is InChI=1S/C10H28N2Si2/c1-9(2)11-13(5)7-8-14(6)12-10(3)4/h9-14H,7-8H2,1-6H3. The summed E-state index contributed by atoms with van der Waals surface area (Å²) in [6.07, 6.45) is 0. The van der Waals surface area contributed by atoms with Crippen molar-refractivity contribution in [2.75, 3.05) is 0 Å². The van der Waals surface area contributed by atoms with E-state index in [9.17, 15) is 0 Å². The molecule has 0 aliphatic rings. The highest BCUT2D eigenvalue weighted by Crippen LogP contribution is 2.01. The van der Waals surface area contributed by atoms with Gasteiger partial charge in [0.25, 0.3) is 0 Å². The molecule has 4 heteroatoms. The van der Waals surface area contributed by atoms with E-state index in [0.717, 1.165) is 0 Å². The summed E-state index contributed by atoms with van der Waals surface area (Å²) in [6, 6.07) is 4.25. The highest BCUT2D eigenvalue weighted by Gasteiger charge is 2.10. The summed E-state index contributed by atoms with van der Waals surface area (Å²) in [4.78, 5) is 7.37. The maximum atomic E-state index is 3.68. The lowest BCUT2D eigenvalue weighted by molar-refractivity contribution is 0.734. The van der Waals surface area contributed by atoms with Gasteiger partial charge in [0.1, 0.15) is 17.9 Å². The fourth-order valence-electron chi connectivity index (χ4n) is 1.80. The molecule has 2 atom stereocenters. The second-order valence-electron chi connectivity index (χ2n) is 5.02. The van der Waals surface area contributed by atoms with E-state index in [1.165, 1.54) is 12.1 Å². The predicted octanol–water partition coefficient (Wildman–Crippen LogP) is 1.69. The Morgan fingerprint density at radius 3 is 1.29 bits per heavy atom. The first-order valence-corrected chi connectivity index (χ1v) is 11.0. The third-order valence-corrected chi connectivity index (χ3v) is 7.81. The van der Waals surface area contributed by atoms with Gasteiger partial charge in [-0.1, -0.05) is 40.8 Å². The minimum Gasteiger partial charge on any atom is -0.337 e. The van der Waals surface area contributed by atoms with E-state index in [1.807, 2.05) is 0 Å². The lowest BCUT2D eigenvalue weighted by atomic mass is 10.4. The minimum atomic E-state index is -0.617. The molecule has 0 amide bonds. The predicted molar refractivity (Wildman–Crippen MR) is 72.2 cm³/mol. The lowest BCUT2D eigenvalue weighted by Crippen LogP contribution is -2.40. The largest absolute Gasteiger partial charge is 0.337 e. The van der Waals surface area contributed by atoms with Crippen LogP contribution in [-0.4, -0.2) is 30.0 Å². The van der Waals surface area contributed by atoms with E-state index in [1.54, 1.807) is 0 Å². The summed E-state index contributed by atoms with van der Waals surface area (Å²) in [6.45, 7) is 13.8. The van der Waals surface area contributed by atoms with E-state index >= 15 is 0 Å². The van der Waals surface area contributed by atoms with Gasteiger partial charge in [0, 0.05) is 0 Å². The monoisotopic (exact) mass is 232 g/mol. The van der Waals surface area contributed by atoms with E-state index in [2.05, 4.69) is 50.8 Å². The summed E-state index contributed by atoms with van der Waals surface area (Å²) >= 11 is 0. The third-order valence-electron chi connectivity index (χ3n) is 2.27. The maximum Gasteiger partial charge on any atom is 0.105 e. The normalized spacial score (nSPS) is 16.3. The molecule has 0 aliphatic carbocycles. The maximum absolute atomic E-state index is 3.68. The zero-order chi connectivity index (χ0) is 11.1. The first-order valence-electron chi connectivity index (χ1n) is 5.94. The molecule has 0 radical (unpaired) electrons. The van der Waals surface area contributed by atoms with Crippen molar-refractivity contribution < 1.29 is 0 Å². The smallest absolute Gasteiger partial charge is 0.105 e. The number of hydrogen-bond acceptors (Lipinski definition) is 2. The second-order valence-corrected chi connectivity index (χ2v) is 10.4. The van der Waals surface area contributed by atoms with Crippen molar-refractivity contribution in [1.82, 2.24) is 9.96 Å². The molecule has 0 saturated heterocycles. The van der Waals surface area contributed by atoms with Crippen molar-refractivity contribution in [3.63, 3.8) is 0 Å². The van der Waals surface area contributed by atoms with Crippen molar-refractivity contribution in [2.24, 2.45) is 0 Å². The Morgan fingerprint density at radius 2 is 1.07 bits per heavy atom. The molecule has 0 rings (SSSR count). The molecule has 0 heterocycles. The molecule has 0 aromatic carbocycles. The van der Waals surface area contributed by atoms with Crippen LogP contribution in [0.4, 0.5) is 0 Å². The number of nitrogens with one attached hydrogen (secondary N) is 2. The Hall–Kier alpha value is 0.354. The zero-order valence-corrected chi connectivity index (χ0v) is 13.0. The fraction of sp³-hybridized carbons (Fsp3) is 1.00. The molecule has 0 aromatic rings. The molecule has 0 aromatic heterocycles. The zero-order valence-electron chi connectivity index (χ0n) is 10.7. The Labute approximate surface area is 93.2 Å². The second kappa shape index (κ2) is 7.62. The molecule has 0 aliphatic heterocycles. The van der Waals surface area contributed by atoms with E-state index in [-0.39, 0.29) is 0 Å². The first-order chi connectivity index (χ1) is 6.41. The topological polar surface area (TPSA) is 24.1 Å². The van der Waals surface area contributed by atoms with Crippen LogP contribution in [0.3, 0.4) is 0 Å². The fourth-order valence-corrected chi connectivity index (χ4v) is 8.41. The average molecular weight is 233 g/mol. The summed E-state index contributed by atoms with van der Waals surface area (Å²) in [5.74, 6) is 0. The molecular formula is C10H28N2Si2. The Morgan fingerprint density at radius 1 is 0.786 bits per heavy atom. The number of rotatable bonds is 7. The molecular weight excluding hydrogens is 204 g/mol. The van der Waals surface area contributed by atoms with Crippen molar-refractivity contribution in [2.45, 2.75) is 65.0 Å². The van der Waals surface area contributed by atoms with Gasteiger partial charge in [0.05, 0.1) is 0 Å². The van der Waals surface area contributed by atoms with Crippen LogP contribution in [0.5, 0.6) is 0 Å². The number of hydrogen-bond donors (Lipinski definition) is 2. The summed E-state index contributed by atoms with van der Waals surface area (Å²) in [5, 5.41) is 0. The molecule has 0 fully saturated rings.